The number of halogens is 4. The normalized spacial score (nSPS) is 11.3. The summed E-state index contributed by atoms with van der Waals surface area (Å²) in [6.45, 7) is 0. The number of rotatable bonds is 3. The van der Waals surface area contributed by atoms with Gasteiger partial charge in [0.25, 0.3) is 5.56 Å². The van der Waals surface area contributed by atoms with Crippen LogP contribution in [-0.2, 0) is 11.2 Å². The third kappa shape index (κ3) is 4.24. The van der Waals surface area contributed by atoms with E-state index in [4.69, 9.17) is 5.11 Å². The average molecular weight is 363 g/mol. The number of H-pyrrole nitrogens is 1. The third-order valence-corrected chi connectivity index (χ3v) is 2.57. The van der Waals surface area contributed by atoms with Crippen LogP contribution in [0.5, 0.6) is 5.88 Å². The minimum Gasteiger partial charge on any atom is -0.481 e. The van der Waals surface area contributed by atoms with Crippen LogP contribution in [0.3, 0.4) is 0 Å². The predicted octanol–water partition coefficient (Wildman–Crippen LogP) is 1.51. The number of aliphatic carboxylic acids is 1. The fourth-order valence-electron chi connectivity index (χ4n) is 1.03. The van der Waals surface area contributed by atoms with Crippen LogP contribution in [-0.4, -0.2) is 22.4 Å². The summed E-state index contributed by atoms with van der Waals surface area (Å²) in [6.07, 6.45) is -5.49. The number of alkyl halides is 3. The Morgan fingerprint density at radius 3 is 2.53 bits per heavy atom. The van der Waals surface area contributed by atoms with E-state index in [1.807, 2.05) is 4.98 Å². The quantitative estimate of drug-likeness (QED) is 0.798. The van der Waals surface area contributed by atoms with E-state index in [-0.39, 0.29) is 9.13 Å². The van der Waals surface area contributed by atoms with Gasteiger partial charge in [0.15, 0.2) is 0 Å². The van der Waals surface area contributed by atoms with Gasteiger partial charge in [0, 0.05) is 15.2 Å². The Balaban J connectivity index is 3.10. The molecule has 0 unspecified atom stereocenters. The van der Waals surface area contributed by atoms with Gasteiger partial charge in [-0.2, -0.15) is 0 Å². The van der Waals surface area contributed by atoms with Crippen LogP contribution in [0.15, 0.2) is 10.9 Å². The monoisotopic (exact) mass is 363 g/mol. The van der Waals surface area contributed by atoms with Gasteiger partial charge < -0.3 is 9.84 Å². The number of carboxylic acid groups (broad SMARTS) is 1. The molecule has 1 heterocycles. The van der Waals surface area contributed by atoms with Crippen LogP contribution in [0, 0.1) is 3.57 Å². The summed E-state index contributed by atoms with van der Waals surface area (Å²) >= 11 is 1.57. The molecule has 2 N–H and O–H groups in total. The molecule has 1 aromatic rings. The number of nitrogens with one attached hydrogen (secondary N) is 1. The standard InChI is InChI=1S/C8H5F3INO4/c9-8(10,11)17-5-2-4(12)3(1-6(14)15)7(16)13-5/h2H,1H2,(H,13,16)(H,14,15). The lowest BCUT2D eigenvalue weighted by molar-refractivity contribution is -0.276. The van der Waals surface area contributed by atoms with Gasteiger partial charge in [-0.3, -0.25) is 14.6 Å². The van der Waals surface area contributed by atoms with Gasteiger partial charge >= 0.3 is 12.3 Å². The van der Waals surface area contributed by atoms with E-state index in [2.05, 4.69) is 4.74 Å². The van der Waals surface area contributed by atoms with Gasteiger partial charge in [-0.15, -0.1) is 13.2 Å². The van der Waals surface area contributed by atoms with Crippen molar-refractivity contribution in [2.75, 3.05) is 0 Å². The summed E-state index contributed by atoms with van der Waals surface area (Å²) in [5.74, 6) is -2.03. The number of carbonyl (C=O) groups is 1. The lowest BCUT2D eigenvalue weighted by Crippen LogP contribution is -2.23. The molecule has 9 heteroatoms. The molecule has 94 valence electrons. The van der Waals surface area contributed by atoms with Crippen LogP contribution in [0.4, 0.5) is 13.2 Å². The number of hydrogen-bond donors (Lipinski definition) is 2. The predicted molar refractivity (Wildman–Crippen MR) is 57.8 cm³/mol. The molecule has 0 aliphatic rings. The van der Waals surface area contributed by atoms with Gasteiger partial charge in [-0.05, 0) is 22.6 Å². The number of aromatic nitrogens is 1. The zero-order valence-electron chi connectivity index (χ0n) is 7.97. The van der Waals surface area contributed by atoms with Gasteiger partial charge in [-0.25, -0.2) is 0 Å². The van der Waals surface area contributed by atoms with Crippen molar-refractivity contribution in [3.05, 3.63) is 25.6 Å². The van der Waals surface area contributed by atoms with Crippen LogP contribution >= 0.6 is 22.6 Å². The van der Waals surface area contributed by atoms with E-state index in [9.17, 15) is 22.8 Å². The molecule has 0 aliphatic heterocycles. The first-order valence-electron chi connectivity index (χ1n) is 4.08. The zero-order chi connectivity index (χ0) is 13.2. The number of pyridine rings is 1. The molecule has 0 saturated carbocycles. The highest BCUT2D eigenvalue weighted by atomic mass is 127. The second kappa shape index (κ2) is 4.94. The molecule has 1 rings (SSSR count). The third-order valence-electron chi connectivity index (χ3n) is 1.61. The molecule has 17 heavy (non-hydrogen) atoms. The summed E-state index contributed by atoms with van der Waals surface area (Å²) in [7, 11) is 0. The lowest BCUT2D eigenvalue weighted by Gasteiger charge is -2.09. The van der Waals surface area contributed by atoms with Crippen molar-refractivity contribution in [3.8, 4) is 5.88 Å². The summed E-state index contributed by atoms with van der Waals surface area (Å²) < 4.78 is 39.2. The van der Waals surface area contributed by atoms with Gasteiger partial charge in [-0.1, -0.05) is 0 Å². The van der Waals surface area contributed by atoms with E-state index < -0.39 is 30.2 Å². The Bertz CT molecular complexity index is 497. The Kier molecular flexibility index (Phi) is 4.01. The minimum atomic E-state index is -4.92. The fourth-order valence-corrected chi connectivity index (χ4v) is 1.75. The van der Waals surface area contributed by atoms with Crippen LogP contribution in [0.2, 0.25) is 0 Å². The number of ether oxygens (including phenoxy) is 1. The Hall–Kier alpha value is -1.26. The molecule has 0 amide bonds. The van der Waals surface area contributed by atoms with E-state index in [0.29, 0.717) is 0 Å². The van der Waals surface area contributed by atoms with E-state index >= 15 is 0 Å². The fraction of sp³-hybridized carbons (Fsp3) is 0.250. The summed E-state index contributed by atoms with van der Waals surface area (Å²) in [5.41, 5.74) is -1.04. The Morgan fingerprint density at radius 1 is 1.53 bits per heavy atom. The van der Waals surface area contributed by atoms with Gasteiger partial charge in [0.05, 0.1) is 6.42 Å². The molecular formula is C8H5F3INO4. The molecule has 0 saturated heterocycles. The highest BCUT2D eigenvalue weighted by molar-refractivity contribution is 14.1. The second-order valence-corrected chi connectivity index (χ2v) is 4.07. The maximum Gasteiger partial charge on any atom is 0.574 e. The molecule has 0 aromatic carbocycles. The first kappa shape index (κ1) is 13.8. The highest BCUT2D eigenvalue weighted by Crippen LogP contribution is 2.22. The van der Waals surface area contributed by atoms with Gasteiger partial charge in [0.1, 0.15) is 0 Å². The van der Waals surface area contributed by atoms with Crippen molar-refractivity contribution in [2.24, 2.45) is 0 Å². The molecule has 0 spiro atoms. The SMILES string of the molecule is O=C(O)Cc1c(I)cc(OC(F)(F)F)[nH]c1=O. The molecule has 1 aromatic heterocycles. The van der Waals surface area contributed by atoms with Crippen LogP contribution in [0.1, 0.15) is 5.56 Å². The van der Waals surface area contributed by atoms with E-state index in [0.717, 1.165) is 6.07 Å². The van der Waals surface area contributed by atoms with Crippen LogP contribution < -0.4 is 10.3 Å². The molecule has 0 aliphatic carbocycles. The topological polar surface area (TPSA) is 79.4 Å². The average Bonchev–Trinajstić information content (AvgIpc) is 2.08. The van der Waals surface area contributed by atoms with Crippen molar-refractivity contribution in [1.29, 1.82) is 0 Å². The Morgan fingerprint density at radius 2 is 2.12 bits per heavy atom. The first-order valence-corrected chi connectivity index (χ1v) is 5.16. The molecule has 0 atom stereocenters. The van der Waals surface area contributed by atoms with Crippen molar-refractivity contribution in [1.82, 2.24) is 4.98 Å². The van der Waals surface area contributed by atoms with Gasteiger partial charge in [0.2, 0.25) is 5.88 Å². The van der Waals surface area contributed by atoms with E-state index in [1.54, 1.807) is 22.6 Å². The van der Waals surface area contributed by atoms with Crippen molar-refractivity contribution >= 4 is 28.6 Å². The highest BCUT2D eigenvalue weighted by Gasteiger charge is 2.32. The number of hydrogen-bond acceptors (Lipinski definition) is 3. The summed E-state index contributed by atoms with van der Waals surface area (Å²) in [4.78, 5) is 23.5. The zero-order valence-corrected chi connectivity index (χ0v) is 10.1. The van der Waals surface area contributed by atoms with Crippen LogP contribution in [0.25, 0.3) is 0 Å². The maximum atomic E-state index is 11.9. The lowest BCUT2D eigenvalue weighted by atomic mass is 10.2. The Labute approximate surface area is 106 Å². The summed E-state index contributed by atoms with van der Waals surface area (Å²) in [6, 6.07) is 0.910. The first-order chi connectivity index (χ1) is 7.69. The smallest absolute Gasteiger partial charge is 0.481 e. The molecule has 0 fully saturated rings. The van der Waals surface area contributed by atoms with E-state index in [1.165, 1.54) is 0 Å². The number of aromatic amines is 1. The molecular weight excluding hydrogens is 358 g/mol. The molecule has 5 nitrogen and oxygen atoms in total. The number of carboxylic acids is 1. The van der Waals surface area contributed by atoms with Crippen molar-refractivity contribution in [3.63, 3.8) is 0 Å². The summed E-state index contributed by atoms with van der Waals surface area (Å²) in [5, 5.41) is 8.50. The minimum absolute atomic E-state index is 0.0907. The largest absolute Gasteiger partial charge is 0.574 e. The van der Waals surface area contributed by atoms with Crippen molar-refractivity contribution in [2.45, 2.75) is 12.8 Å². The second-order valence-electron chi connectivity index (χ2n) is 2.91. The molecule has 0 bridgehead atoms. The van der Waals surface area contributed by atoms with Crippen molar-refractivity contribution < 1.29 is 27.8 Å². The maximum absolute atomic E-state index is 11.9. The molecule has 0 radical (unpaired) electrons.